The summed E-state index contributed by atoms with van der Waals surface area (Å²) in [5, 5.41) is 5.08. The number of thiazole rings is 1. The zero-order valence-corrected chi connectivity index (χ0v) is 18.3. The smallest absolute Gasteiger partial charge is 0.257 e. The lowest BCUT2D eigenvalue weighted by Crippen LogP contribution is -2.31. The third kappa shape index (κ3) is 4.67. The molecule has 152 valence electrons. The summed E-state index contributed by atoms with van der Waals surface area (Å²) in [4.78, 5) is 17.0. The molecule has 0 aliphatic carbocycles. The second-order valence-electron chi connectivity index (χ2n) is 6.09. The molecule has 0 radical (unpaired) electrons. The van der Waals surface area contributed by atoms with Gasteiger partial charge in [-0.25, -0.2) is 13.4 Å². The monoisotopic (exact) mass is 449 g/mol. The lowest BCUT2D eigenvalue weighted by Gasteiger charge is -2.19. The molecule has 0 saturated heterocycles. The van der Waals surface area contributed by atoms with Crippen LogP contribution in [0.15, 0.2) is 58.8 Å². The van der Waals surface area contributed by atoms with E-state index in [2.05, 4.69) is 10.3 Å². The number of hydrogen-bond donors (Lipinski definition) is 1. The number of carbonyl (C=O) groups is 1. The van der Waals surface area contributed by atoms with E-state index in [4.69, 9.17) is 11.6 Å². The van der Waals surface area contributed by atoms with Crippen molar-refractivity contribution < 1.29 is 13.2 Å². The minimum Gasteiger partial charge on any atom is -0.298 e. The van der Waals surface area contributed by atoms with Crippen molar-refractivity contribution in [1.82, 2.24) is 9.29 Å². The maximum atomic E-state index is 12.8. The molecule has 0 bridgehead atoms. The summed E-state index contributed by atoms with van der Waals surface area (Å²) in [6.07, 6.45) is 0. The largest absolute Gasteiger partial charge is 0.298 e. The number of carbonyl (C=O) groups excluding carboxylic acids is 1. The summed E-state index contributed by atoms with van der Waals surface area (Å²) in [5.41, 5.74) is 1.90. The third-order valence-electron chi connectivity index (χ3n) is 4.31. The van der Waals surface area contributed by atoms with Gasteiger partial charge in [0.2, 0.25) is 10.0 Å². The van der Waals surface area contributed by atoms with Crippen LogP contribution in [0.4, 0.5) is 5.13 Å². The van der Waals surface area contributed by atoms with Gasteiger partial charge in [0.25, 0.3) is 5.91 Å². The van der Waals surface area contributed by atoms with Crippen molar-refractivity contribution in [3.8, 4) is 11.3 Å². The number of benzene rings is 2. The number of sulfonamides is 1. The van der Waals surface area contributed by atoms with Crippen LogP contribution in [-0.2, 0) is 10.0 Å². The number of halogens is 1. The Bertz CT molecular complexity index is 1110. The zero-order chi connectivity index (χ0) is 21.0. The maximum absolute atomic E-state index is 12.8. The summed E-state index contributed by atoms with van der Waals surface area (Å²) in [5.74, 6) is -0.452. The molecule has 0 aliphatic heterocycles. The standard InChI is InChI=1S/C20H20ClN3O3S2/c1-3-24(4-2)29(26,27)18-12-15(10-11-16(18)21)19(25)23-20-22-17(13-28-20)14-8-6-5-7-9-14/h5-13H,3-4H2,1-2H3,(H,22,23,25). The molecule has 0 atom stereocenters. The van der Waals surface area contributed by atoms with Gasteiger partial charge < -0.3 is 0 Å². The summed E-state index contributed by atoms with van der Waals surface area (Å²) in [6, 6.07) is 13.8. The maximum Gasteiger partial charge on any atom is 0.257 e. The predicted octanol–water partition coefficient (Wildman–Crippen LogP) is 4.75. The Hall–Kier alpha value is -2.26. The van der Waals surface area contributed by atoms with Gasteiger partial charge in [-0.1, -0.05) is 55.8 Å². The first-order valence-corrected chi connectivity index (χ1v) is 11.7. The number of anilines is 1. The number of amides is 1. The van der Waals surface area contributed by atoms with Gasteiger partial charge in [-0.2, -0.15) is 4.31 Å². The van der Waals surface area contributed by atoms with E-state index in [1.165, 1.54) is 33.8 Å². The second-order valence-corrected chi connectivity index (χ2v) is 9.26. The Morgan fingerprint density at radius 1 is 1.14 bits per heavy atom. The molecule has 6 nitrogen and oxygen atoms in total. The molecule has 1 amide bonds. The topological polar surface area (TPSA) is 79.4 Å². The summed E-state index contributed by atoms with van der Waals surface area (Å²) < 4.78 is 26.9. The van der Waals surface area contributed by atoms with E-state index < -0.39 is 15.9 Å². The zero-order valence-electron chi connectivity index (χ0n) is 15.9. The summed E-state index contributed by atoms with van der Waals surface area (Å²) in [7, 11) is -3.78. The van der Waals surface area contributed by atoms with E-state index in [9.17, 15) is 13.2 Å². The van der Waals surface area contributed by atoms with Gasteiger partial charge in [-0.15, -0.1) is 11.3 Å². The number of nitrogens with zero attached hydrogens (tertiary/aromatic N) is 2. The van der Waals surface area contributed by atoms with Crippen molar-refractivity contribution in [3.05, 3.63) is 64.5 Å². The molecule has 29 heavy (non-hydrogen) atoms. The molecule has 0 saturated carbocycles. The van der Waals surface area contributed by atoms with Crippen LogP contribution < -0.4 is 5.32 Å². The van der Waals surface area contributed by atoms with Crippen LogP contribution in [0, 0.1) is 0 Å². The van der Waals surface area contributed by atoms with E-state index >= 15 is 0 Å². The van der Waals surface area contributed by atoms with Gasteiger partial charge in [0, 0.05) is 29.6 Å². The SMILES string of the molecule is CCN(CC)S(=O)(=O)c1cc(C(=O)Nc2nc(-c3ccccc3)cs2)ccc1Cl. The van der Waals surface area contributed by atoms with Gasteiger partial charge in [-0.05, 0) is 18.2 Å². The molecule has 0 spiro atoms. The summed E-state index contributed by atoms with van der Waals surface area (Å²) >= 11 is 7.42. The average Bonchev–Trinajstić information content (AvgIpc) is 3.18. The first-order valence-electron chi connectivity index (χ1n) is 8.98. The van der Waals surface area contributed by atoms with Crippen LogP contribution in [0.3, 0.4) is 0 Å². The molecule has 3 aromatic rings. The highest BCUT2D eigenvalue weighted by atomic mass is 35.5. The number of hydrogen-bond acceptors (Lipinski definition) is 5. The molecule has 1 N–H and O–H groups in total. The van der Waals surface area contributed by atoms with E-state index in [1.807, 2.05) is 35.7 Å². The number of nitrogens with one attached hydrogen (secondary N) is 1. The highest BCUT2D eigenvalue weighted by molar-refractivity contribution is 7.89. The van der Waals surface area contributed by atoms with Crippen molar-refractivity contribution in [2.45, 2.75) is 18.7 Å². The Labute approximate surface area is 179 Å². The Morgan fingerprint density at radius 3 is 2.48 bits per heavy atom. The van der Waals surface area contributed by atoms with Gasteiger partial charge in [-0.3, -0.25) is 10.1 Å². The van der Waals surface area contributed by atoms with Crippen LogP contribution in [0.25, 0.3) is 11.3 Å². The Morgan fingerprint density at radius 2 is 1.83 bits per heavy atom. The van der Waals surface area contributed by atoms with Crippen LogP contribution in [0.1, 0.15) is 24.2 Å². The van der Waals surface area contributed by atoms with E-state index in [-0.39, 0.29) is 15.5 Å². The summed E-state index contributed by atoms with van der Waals surface area (Å²) in [6.45, 7) is 4.12. The van der Waals surface area contributed by atoms with Gasteiger partial charge in [0.1, 0.15) is 4.90 Å². The molecule has 2 aromatic carbocycles. The number of rotatable bonds is 7. The molecule has 0 aliphatic rings. The first-order chi connectivity index (χ1) is 13.9. The molecule has 1 heterocycles. The molecule has 3 rings (SSSR count). The van der Waals surface area contributed by atoms with Crippen LogP contribution in [-0.4, -0.2) is 36.7 Å². The van der Waals surface area contributed by atoms with Gasteiger partial charge in [0.15, 0.2) is 5.13 Å². The van der Waals surface area contributed by atoms with Crippen molar-refractivity contribution in [1.29, 1.82) is 0 Å². The quantitative estimate of drug-likeness (QED) is 0.564. The predicted molar refractivity (Wildman–Crippen MR) is 117 cm³/mol. The highest BCUT2D eigenvalue weighted by Gasteiger charge is 2.25. The molecule has 0 unspecified atom stereocenters. The highest BCUT2D eigenvalue weighted by Crippen LogP contribution is 2.28. The Kier molecular flexibility index (Phi) is 6.69. The fourth-order valence-corrected chi connectivity index (χ4v) is 5.46. The lowest BCUT2D eigenvalue weighted by atomic mass is 10.2. The molecule has 1 aromatic heterocycles. The van der Waals surface area contributed by atoms with Crippen molar-refractivity contribution in [3.63, 3.8) is 0 Å². The Balaban J connectivity index is 1.85. The fourth-order valence-electron chi connectivity index (χ4n) is 2.79. The van der Waals surface area contributed by atoms with E-state index in [0.717, 1.165) is 11.3 Å². The molecular weight excluding hydrogens is 430 g/mol. The van der Waals surface area contributed by atoms with Gasteiger partial charge >= 0.3 is 0 Å². The van der Waals surface area contributed by atoms with Crippen molar-refractivity contribution in [2.24, 2.45) is 0 Å². The molecule has 0 fully saturated rings. The first kappa shape index (κ1) is 21.4. The molecule has 9 heteroatoms. The molecular formula is C20H20ClN3O3S2. The number of aromatic nitrogens is 1. The van der Waals surface area contributed by atoms with Gasteiger partial charge in [0.05, 0.1) is 10.7 Å². The lowest BCUT2D eigenvalue weighted by molar-refractivity contribution is 0.102. The fraction of sp³-hybridized carbons (Fsp3) is 0.200. The van der Waals surface area contributed by atoms with E-state index in [1.54, 1.807) is 13.8 Å². The average molecular weight is 450 g/mol. The third-order valence-corrected chi connectivity index (χ3v) is 7.60. The second kappa shape index (κ2) is 9.04. The van der Waals surface area contributed by atoms with E-state index in [0.29, 0.717) is 18.2 Å². The van der Waals surface area contributed by atoms with Crippen LogP contribution >= 0.6 is 22.9 Å². The normalized spacial score (nSPS) is 11.6. The van der Waals surface area contributed by atoms with Crippen molar-refractivity contribution in [2.75, 3.05) is 18.4 Å². The minimum atomic E-state index is -3.78. The van der Waals surface area contributed by atoms with Crippen molar-refractivity contribution >= 4 is 44.0 Å². The minimum absolute atomic E-state index is 0.0778. The van der Waals surface area contributed by atoms with Crippen LogP contribution in [0.5, 0.6) is 0 Å². The van der Waals surface area contributed by atoms with Crippen LogP contribution in [0.2, 0.25) is 5.02 Å².